The molecular weight excluding hydrogens is 354 g/mol. The predicted molar refractivity (Wildman–Crippen MR) is 113 cm³/mol. The van der Waals surface area contributed by atoms with Gasteiger partial charge in [-0.3, -0.25) is 4.68 Å². The molecule has 0 radical (unpaired) electrons. The molecule has 1 unspecified atom stereocenters. The van der Waals surface area contributed by atoms with Crippen molar-refractivity contribution < 1.29 is 0 Å². The lowest BCUT2D eigenvalue weighted by molar-refractivity contribution is 0.139. The molecule has 0 spiro atoms. The lowest BCUT2D eigenvalue weighted by atomic mass is 9.88. The second kappa shape index (κ2) is 6.87. The highest BCUT2D eigenvalue weighted by molar-refractivity contribution is 6.30. The van der Waals surface area contributed by atoms with Crippen molar-refractivity contribution in [2.24, 2.45) is 5.92 Å². The molecule has 0 amide bonds. The average molecular weight is 382 g/mol. The number of rotatable bonds is 5. The summed E-state index contributed by atoms with van der Waals surface area (Å²) in [5, 5.41) is 5.36. The molecule has 0 saturated heterocycles. The van der Waals surface area contributed by atoms with Crippen molar-refractivity contribution in [3.63, 3.8) is 0 Å². The average Bonchev–Trinajstić information content (AvgIpc) is 3.39. The zero-order valence-corrected chi connectivity index (χ0v) is 17.3. The summed E-state index contributed by atoms with van der Waals surface area (Å²) >= 11 is 6.15. The number of nitrogens with zero attached hydrogens (tertiary/aromatic N) is 3. The molecular formula is C23H28ClN3. The van der Waals surface area contributed by atoms with E-state index >= 15 is 0 Å². The van der Waals surface area contributed by atoms with E-state index in [4.69, 9.17) is 11.6 Å². The number of aromatic nitrogens is 2. The van der Waals surface area contributed by atoms with Gasteiger partial charge in [0, 0.05) is 22.8 Å². The van der Waals surface area contributed by atoms with Gasteiger partial charge in [-0.1, -0.05) is 35.9 Å². The second-order valence-electron chi connectivity index (χ2n) is 8.49. The summed E-state index contributed by atoms with van der Waals surface area (Å²) in [6.07, 6.45) is 11.2. The Morgan fingerprint density at radius 2 is 1.81 bits per heavy atom. The van der Waals surface area contributed by atoms with E-state index in [-0.39, 0.29) is 11.6 Å². The van der Waals surface area contributed by atoms with Crippen molar-refractivity contribution in [3.05, 3.63) is 71.0 Å². The van der Waals surface area contributed by atoms with Crippen LogP contribution in [0.2, 0.25) is 5.02 Å². The van der Waals surface area contributed by atoms with E-state index in [0.717, 1.165) is 10.9 Å². The van der Waals surface area contributed by atoms with Gasteiger partial charge in [-0.15, -0.1) is 0 Å². The summed E-state index contributed by atoms with van der Waals surface area (Å²) in [6.45, 7) is 9.14. The van der Waals surface area contributed by atoms with Gasteiger partial charge in [-0.25, -0.2) is 0 Å². The highest BCUT2D eigenvalue weighted by Crippen LogP contribution is 2.50. The van der Waals surface area contributed by atoms with Gasteiger partial charge in [0.2, 0.25) is 0 Å². The van der Waals surface area contributed by atoms with Gasteiger partial charge in [0.05, 0.1) is 17.4 Å². The van der Waals surface area contributed by atoms with Gasteiger partial charge in [0.1, 0.15) is 0 Å². The normalized spacial score (nSPS) is 20.3. The fourth-order valence-electron chi connectivity index (χ4n) is 4.28. The van der Waals surface area contributed by atoms with E-state index in [1.54, 1.807) is 0 Å². The van der Waals surface area contributed by atoms with Crippen molar-refractivity contribution in [2.45, 2.75) is 58.2 Å². The van der Waals surface area contributed by atoms with Gasteiger partial charge in [-0.05, 0) is 76.3 Å². The number of hydrogen-bond donors (Lipinski definition) is 0. The summed E-state index contributed by atoms with van der Waals surface area (Å²) in [5.74, 6) is 0.720. The monoisotopic (exact) mass is 381 g/mol. The Kier molecular flexibility index (Phi) is 4.67. The van der Waals surface area contributed by atoms with E-state index in [2.05, 4.69) is 78.8 Å². The van der Waals surface area contributed by atoms with Crippen LogP contribution >= 0.6 is 11.6 Å². The van der Waals surface area contributed by atoms with Crippen LogP contribution in [0.4, 0.5) is 0 Å². The smallest absolute Gasteiger partial charge is 0.0846 e. The van der Waals surface area contributed by atoms with Gasteiger partial charge < -0.3 is 4.90 Å². The molecule has 4 heteroatoms. The van der Waals surface area contributed by atoms with Gasteiger partial charge in [-0.2, -0.15) is 5.10 Å². The fraction of sp³-hybridized carbons (Fsp3) is 0.435. The molecule has 142 valence electrons. The molecule has 1 saturated carbocycles. The summed E-state index contributed by atoms with van der Waals surface area (Å²) in [6, 6.07) is 10.9. The van der Waals surface area contributed by atoms with Crippen LogP contribution in [0.5, 0.6) is 0 Å². The van der Waals surface area contributed by atoms with Crippen LogP contribution in [-0.4, -0.2) is 20.2 Å². The number of hydrogen-bond acceptors (Lipinski definition) is 2. The first kappa shape index (κ1) is 18.4. The topological polar surface area (TPSA) is 21.1 Å². The highest BCUT2D eigenvalue weighted by Gasteiger charge is 2.46. The van der Waals surface area contributed by atoms with Crippen LogP contribution < -0.4 is 0 Å². The molecule has 2 aliphatic rings. The van der Waals surface area contributed by atoms with Crippen LogP contribution in [0.1, 0.15) is 63.9 Å². The first-order valence-electron chi connectivity index (χ1n) is 9.86. The zero-order chi connectivity index (χ0) is 19.2. The fourth-order valence-corrected chi connectivity index (χ4v) is 4.41. The summed E-state index contributed by atoms with van der Waals surface area (Å²) < 4.78 is 2.12. The van der Waals surface area contributed by atoms with E-state index in [1.165, 1.54) is 29.8 Å². The van der Waals surface area contributed by atoms with Gasteiger partial charge in [0.15, 0.2) is 0 Å². The van der Waals surface area contributed by atoms with Crippen molar-refractivity contribution in [1.82, 2.24) is 14.7 Å². The predicted octanol–water partition coefficient (Wildman–Crippen LogP) is 6.26. The van der Waals surface area contributed by atoms with Crippen LogP contribution in [0.25, 0.3) is 5.70 Å². The highest BCUT2D eigenvalue weighted by atomic mass is 35.5. The van der Waals surface area contributed by atoms with Crippen molar-refractivity contribution in [3.8, 4) is 0 Å². The molecule has 27 heavy (non-hydrogen) atoms. The minimum absolute atomic E-state index is 0.0625. The lowest BCUT2D eigenvalue weighted by Gasteiger charge is -2.48. The Hall–Kier alpha value is -2.00. The molecule has 2 aromatic rings. The summed E-state index contributed by atoms with van der Waals surface area (Å²) in [5.41, 5.74) is 3.76. The standard InChI is InChI=1S/C23H28ClN3/c1-16(2)27-22(14-15-25-27)21-7-5-6-20(17-8-12-19(24)13-9-17)26(21)23(3,4)18-10-11-18/h5-9,12-16,18,20H,10-11H2,1-4H3. The third-order valence-corrected chi connectivity index (χ3v) is 6.17. The zero-order valence-electron chi connectivity index (χ0n) is 16.6. The molecule has 1 fully saturated rings. The number of benzene rings is 1. The Morgan fingerprint density at radius 3 is 2.44 bits per heavy atom. The Bertz CT molecular complexity index is 869. The molecule has 1 aromatic heterocycles. The van der Waals surface area contributed by atoms with Crippen LogP contribution in [0, 0.1) is 5.92 Å². The first-order chi connectivity index (χ1) is 12.9. The van der Waals surface area contributed by atoms with Crippen LogP contribution in [0.15, 0.2) is 54.8 Å². The largest absolute Gasteiger partial charge is 0.354 e. The molecule has 0 bridgehead atoms. The maximum atomic E-state index is 6.15. The molecule has 1 aliphatic carbocycles. The van der Waals surface area contributed by atoms with Gasteiger partial charge in [0.25, 0.3) is 0 Å². The van der Waals surface area contributed by atoms with E-state index in [0.29, 0.717) is 6.04 Å². The molecule has 0 N–H and O–H groups in total. The quantitative estimate of drug-likeness (QED) is 0.609. The van der Waals surface area contributed by atoms with Crippen molar-refractivity contribution in [2.75, 3.05) is 0 Å². The van der Waals surface area contributed by atoms with Gasteiger partial charge >= 0.3 is 0 Å². The van der Waals surface area contributed by atoms with Crippen molar-refractivity contribution >= 4 is 17.3 Å². The minimum atomic E-state index is 0.0625. The Morgan fingerprint density at radius 1 is 1.11 bits per heavy atom. The third-order valence-electron chi connectivity index (χ3n) is 5.92. The summed E-state index contributed by atoms with van der Waals surface area (Å²) in [4.78, 5) is 2.60. The van der Waals surface area contributed by atoms with E-state index < -0.39 is 0 Å². The Labute approximate surface area is 167 Å². The number of allylic oxidation sites excluding steroid dienone is 2. The van der Waals surface area contributed by atoms with E-state index in [9.17, 15) is 0 Å². The van der Waals surface area contributed by atoms with E-state index in [1.807, 2.05) is 18.3 Å². The molecule has 4 rings (SSSR count). The maximum absolute atomic E-state index is 6.15. The van der Waals surface area contributed by atoms with Crippen molar-refractivity contribution in [1.29, 1.82) is 0 Å². The molecule has 1 atom stereocenters. The molecule has 2 heterocycles. The maximum Gasteiger partial charge on any atom is 0.0846 e. The van der Waals surface area contributed by atoms with Crippen LogP contribution in [0.3, 0.4) is 0 Å². The molecule has 3 nitrogen and oxygen atoms in total. The third kappa shape index (κ3) is 3.34. The molecule has 1 aromatic carbocycles. The SMILES string of the molecule is CC(C)n1nccc1C1=CC=CC(c2ccc(Cl)cc2)N1C(C)(C)C1CC1. The Balaban J connectivity index is 1.82. The minimum Gasteiger partial charge on any atom is -0.354 e. The molecule has 1 aliphatic heterocycles. The van der Waals surface area contributed by atoms with Crippen LogP contribution in [-0.2, 0) is 0 Å². The lowest BCUT2D eigenvalue weighted by Crippen LogP contribution is -2.47. The first-order valence-corrected chi connectivity index (χ1v) is 10.2. The summed E-state index contributed by atoms with van der Waals surface area (Å²) in [7, 11) is 0. The number of halogens is 1. The second-order valence-corrected chi connectivity index (χ2v) is 8.92.